The molecule has 0 saturated carbocycles. The average Bonchev–Trinajstić information content (AvgIpc) is 2.36. The van der Waals surface area contributed by atoms with E-state index in [2.05, 4.69) is 25.8 Å². The molecule has 1 heterocycles. The van der Waals surface area contributed by atoms with Crippen molar-refractivity contribution in [3.05, 3.63) is 23.0 Å². The molecule has 1 aliphatic heterocycles. The van der Waals surface area contributed by atoms with E-state index in [-0.39, 0.29) is 0 Å². The molecule has 1 atom stereocenters. The molecule has 0 unspecified atom stereocenters. The van der Waals surface area contributed by atoms with Gasteiger partial charge in [-0.05, 0) is 25.0 Å². The maximum atomic E-state index is 6.07. The summed E-state index contributed by atoms with van der Waals surface area (Å²) in [6.45, 7) is 4.93. The molecule has 0 amide bonds. The largest absolute Gasteiger partial charge is 0.467 e. The van der Waals surface area contributed by atoms with Crippen molar-refractivity contribution in [3.8, 4) is 0 Å². The van der Waals surface area contributed by atoms with Crippen LogP contribution in [0.5, 0.6) is 0 Å². The highest BCUT2D eigenvalue weighted by Crippen LogP contribution is 2.36. The van der Waals surface area contributed by atoms with Gasteiger partial charge in [-0.3, -0.25) is 0 Å². The minimum atomic E-state index is -0.398. The summed E-state index contributed by atoms with van der Waals surface area (Å²) in [5, 5.41) is 0. The molecular formula is C15H24O2S. The summed E-state index contributed by atoms with van der Waals surface area (Å²) in [5.74, 6) is 5.79. The Morgan fingerprint density at radius 1 is 1.44 bits per heavy atom. The van der Waals surface area contributed by atoms with Crippen molar-refractivity contribution in [1.29, 1.82) is 0 Å². The maximum absolute atomic E-state index is 6.07. The molecule has 0 N–H and O–H groups in total. The van der Waals surface area contributed by atoms with Gasteiger partial charge in [-0.25, -0.2) is 11.4 Å². The molecule has 2 aliphatic rings. The number of thiol groups is 1. The van der Waals surface area contributed by atoms with Crippen molar-refractivity contribution in [2.75, 3.05) is 12.4 Å². The number of allylic oxidation sites excluding steroid dienone is 2. The van der Waals surface area contributed by atoms with E-state index in [1.54, 1.807) is 0 Å². The fourth-order valence-corrected chi connectivity index (χ4v) is 3.04. The Morgan fingerprint density at radius 2 is 2.28 bits per heavy atom. The third-order valence-electron chi connectivity index (χ3n) is 3.58. The summed E-state index contributed by atoms with van der Waals surface area (Å²) in [7, 11) is 0. The Balaban J connectivity index is 2.05. The Hall–Kier alpha value is -0.540. The zero-order valence-corrected chi connectivity index (χ0v) is 12.4. The standard InChI is InChI=1S/C15H24O2S/c1-4-8-15(2)16-11-13-10-12(7-9-18-3)5-6-14(13)17-15/h10,18H,3-9,11H2,1-2H3/t15-/m1/s1. The Labute approximate surface area is 114 Å². The smallest absolute Gasteiger partial charge is 0.207 e. The first kappa shape index (κ1) is 13.9. The van der Waals surface area contributed by atoms with Crippen molar-refractivity contribution >= 4 is 17.2 Å². The van der Waals surface area contributed by atoms with Gasteiger partial charge in [0.2, 0.25) is 5.79 Å². The summed E-state index contributed by atoms with van der Waals surface area (Å²) in [6, 6.07) is 0. The van der Waals surface area contributed by atoms with E-state index in [9.17, 15) is 0 Å². The van der Waals surface area contributed by atoms with E-state index in [1.807, 2.05) is 0 Å². The van der Waals surface area contributed by atoms with Gasteiger partial charge in [0, 0.05) is 25.3 Å². The first-order chi connectivity index (χ1) is 8.67. The fraction of sp³-hybridized carbons (Fsp3) is 0.667. The zero-order valence-electron chi connectivity index (χ0n) is 11.5. The van der Waals surface area contributed by atoms with Gasteiger partial charge in [-0.2, -0.15) is 0 Å². The van der Waals surface area contributed by atoms with Gasteiger partial charge in [0.05, 0.1) is 6.61 Å². The van der Waals surface area contributed by atoms with Crippen molar-refractivity contribution in [3.63, 3.8) is 0 Å². The van der Waals surface area contributed by atoms with Crippen LogP contribution < -0.4 is 0 Å². The third-order valence-corrected chi connectivity index (χ3v) is 4.12. The molecule has 2 rings (SSSR count). The number of hydrogen-bond donors (Lipinski definition) is 1. The van der Waals surface area contributed by atoms with Crippen LogP contribution in [0, 0.1) is 0 Å². The van der Waals surface area contributed by atoms with Gasteiger partial charge in [0.1, 0.15) is 5.76 Å². The van der Waals surface area contributed by atoms with Crippen LogP contribution in [0.2, 0.25) is 0 Å². The van der Waals surface area contributed by atoms with Crippen molar-refractivity contribution in [2.24, 2.45) is 0 Å². The van der Waals surface area contributed by atoms with Crippen LogP contribution in [0.4, 0.5) is 0 Å². The highest BCUT2D eigenvalue weighted by Gasteiger charge is 2.33. The van der Waals surface area contributed by atoms with E-state index in [1.165, 1.54) is 22.5 Å². The summed E-state index contributed by atoms with van der Waals surface area (Å²) < 4.78 is 12.0. The molecule has 0 spiro atoms. The van der Waals surface area contributed by atoms with Crippen molar-refractivity contribution in [2.45, 2.75) is 51.7 Å². The monoisotopic (exact) mass is 268 g/mol. The Morgan fingerprint density at radius 3 is 3.00 bits per heavy atom. The number of rotatable bonds is 5. The molecule has 0 saturated heterocycles. The lowest BCUT2D eigenvalue weighted by atomic mass is 9.95. The maximum Gasteiger partial charge on any atom is 0.207 e. The normalized spacial score (nSPS) is 27.6. The Bertz CT molecular complexity index is 384. The minimum Gasteiger partial charge on any atom is -0.467 e. The third kappa shape index (κ3) is 3.27. The van der Waals surface area contributed by atoms with Crippen LogP contribution in [-0.4, -0.2) is 24.0 Å². The highest BCUT2D eigenvalue weighted by atomic mass is 32.1. The van der Waals surface area contributed by atoms with Crippen molar-refractivity contribution in [1.82, 2.24) is 0 Å². The summed E-state index contributed by atoms with van der Waals surface area (Å²) in [5.41, 5.74) is 2.78. The highest BCUT2D eigenvalue weighted by molar-refractivity contribution is 7.96. The summed E-state index contributed by atoms with van der Waals surface area (Å²) >= 11 is 1.23. The second-order valence-corrected chi connectivity index (χ2v) is 6.12. The van der Waals surface area contributed by atoms with Crippen LogP contribution in [-0.2, 0) is 9.47 Å². The first-order valence-electron chi connectivity index (χ1n) is 6.84. The van der Waals surface area contributed by atoms with Crippen LogP contribution >= 0.6 is 11.4 Å². The summed E-state index contributed by atoms with van der Waals surface area (Å²) in [4.78, 5) is 0. The topological polar surface area (TPSA) is 18.5 Å². The van der Waals surface area contributed by atoms with Gasteiger partial charge >= 0.3 is 0 Å². The van der Waals surface area contributed by atoms with E-state index >= 15 is 0 Å². The van der Waals surface area contributed by atoms with E-state index in [4.69, 9.17) is 9.47 Å². The summed E-state index contributed by atoms with van der Waals surface area (Å²) in [6.07, 6.45) is 7.67. The van der Waals surface area contributed by atoms with Gasteiger partial charge < -0.3 is 9.47 Å². The predicted molar refractivity (Wildman–Crippen MR) is 80.3 cm³/mol. The molecule has 2 nitrogen and oxygen atoms in total. The quantitative estimate of drug-likeness (QED) is 0.604. The molecule has 0 bridgehead atoms. The zero-order chi connectivity index (χ0) is 13.0. The Kier molecular flexibility index (Phi) is 4.68. The van der Waals surface area contributed by atoms with E-state index < -0.39 is 5.79 Å². The van der Waals surface area contributed by atoms with E-state index in [0.29, 0.717) is 6.61 Å². The van der Waals surface area contributed by atoms with Crippen LogP contribution in [0.15, 0.2) is 23.0 Å². The van der Waals surface area contributed by atoms with Gasteiger partial charge in [0.25, 0.3) is 0 Å². The predicted octanol–water partition coefficient (Wildman–Crippen LogP) is 3.81. The number of hydrogen-bond acceptors (Lipinski definition) is 2. The molecule has 0 fully saturated rings. The van der Waals surface area contributed by atoms with Crippen LogP contribution in [0.3, 0.4) is 0 Å². The molecule has 0 radical (unpaired) electrons. The minimum absolute atomic E-state index is 0.398. The fourth-order valence-electron chi connectivity index (χ4n) is 2.59. The average molecular weight is 268 g/mol. The lowest BCUT2D eigenvalue weighted by Gasteiger charge is -2.38. The second kappa shape index (κ2) is 6.07. The molecule has 0 aromatic carbocycles. The van der Waals surface area contributed by atoms with Gasteiger partial charge in [-0.1, -0.05) is 24.4 Å². The first-order valence-corrected chi connectivity index (χ1v) is 8.10. The molecule has 1 aliphatic carbocycles. The molecule has 0 aromatic heterocycles. The molecule has 102 valence electrons. The lowest BCUT2D eigenvalue weighted by Crippen LogP contribution is -2.37. The molecule has 0 aromatic rings. The van der Waals surface area contributed by atoms with Gasteiger partial charge in [0.15, 0.2) is 0 Å². The van der Waals surface area contributed by atoms with Crippen molar-refractivity contribution < 1.29 is 9.47 Å². The van der Waals surface area contributed by atoms with E-state index in [0.717, 1.165) is 43.6 Å². The lowest BCUT2D eigenvalue weighted by molar-refractivity contribution is -0.217. The molecule has 3 heteroatoms. The number of ether oxygens (including phenoxy) is 2. The van der Waals surface area contributed by atoms with Gasteiger partial charge in [-0.15, -0.1) is 0 Å². The van der Waals surface area contributed by atoms with Crippen LogP contribution in [0.1, 0.15) is 46.0 Å². The van der Waals surface area contributed by atoms with Crippen LogP contribution in [0.25, 0.3) is 0 Å². The SMILES string of the molecule is C=[SH]CCC1=CC2=C(CC1)O[C@](C)(CCC)OC2. The second-order valence-electron chi connectivity index (χ2n) is 5.22. The molecule has 18 heavy (non-hydrogen) atoms. The molecular weight excluding hydrogens is 244 g/mol.